The first kappa shape index (κ1) is 10.3. The largest absolute Gasteiger partial charge is 0.289 e. The molecule has 0 heterocycles. The number of hydrogen-bond donors (Lipinski definition) is 0. The topological polar surface area (TPSA) is 19.9 Å². The van der Waals surface area contributed by atoms with Gasteiger partial charge in [-0.1, -0.05) is 35.3 Å². The molecule has 1 nitrogen and oxygen atoms in total. The van der Waals surface area contributed by atoms with Crippen LogP contribution in [0, 0.1) is 0 Å². The molecule has 0 aliphatic heterocycles. The van der Waals surface area contributed by atoms with E-state index in [0.717, 1.165) is 5.56 Å². The highest BCUT2D eigenvalue weighted by Gasteiger charge is 2.06. The lowest BCUT2D eigenvalue weighted by molar-refractivity contribution is 0.356. The van der Waals surface area contributed by atoms with Crippen LogP contribution in [0.3, 0.4) is 0 Å². The van der Waals surface area contributed by atoms with E-state index in [1.807, 2.05) is 0 Å². The molecule has 1 radical (unpaired) electrons. The zero-order valence-electron chi connectivity index (χ0n) is 7.71. The summed E-state index contributed by atoms with van der Waals surface area (Å²) in [5.74, 6) is -0.0401. The van der Waals surface area contributed by atoms with Gasteiger partial charge in [-0.3, -0.25) is 5.11 Å². The molecule has 75 valence electrons. The summed E-state index contributed by atoms with van der Waals surface area (Å²) in [6.07, 6.45) is 0. The van der Waals surface area contributed by atoms with E-state index in [0.29, 0.717) is 15.6 Å². The van der Waals surface area contributed by atoms with Crippen molar-refractivity contribution in [3.05, 3.63) is 52.5 Å². The van der Waals surface area contributed by atoms with Crippen molar-refractivity contribution in [2.24, 2.45) is 0 Å². The highest BCUT2D eigenvalue weighted by Crippen LogP contribution is 2.32. The Morgan fingerprint density at radius 3 is 2.07 bits per heavy atom. The first-order chi connectivity index (χ1) is 7.16. The summed E-state index contributed by atoms with van der Waals surface area (Å²) in [7, 11) is 0. The van der Waals surface area contributed by atoms with Crippen LogP contribution in [0.25, 0.3) is 11.1 Å². The minimum atomic E-state index is -0.0401. The van der Waals surface area contributed by atoms with E-state index in [1.165, 1.54) is 6.07 Å². The zero-order chi connectivity index (χ0) is 10.8. The van der Waals surface area contributed by atoms with E-state index >= 15 is 0 Å². The number of benzene rings is 2. The maximum Gasteiger partial charge on any atom is 0.186 e. The van der Waals surface area contributed by atoms with Gasteiger partial charge in [0.05, 0.1) is 0 Å². The molecule has 0 aliphatic carbocycles. The van der Waals surface area contributed by atoms with Gasteiger partial charge in [-0.25, -0.2) is 0 Å². The van der Waals surface area contributed by atoms with E-state index < -0.39 is 0 Å². The third-order valence-corrected chi connectivity index (χ3v) is 2.58. The average molecular weight is 238 g/mol. The second-order valence-electron chi connectivity index (χ2n) is 3.15. The predicted octanol–water partition coefficient (Wildman–Crippen LogP) is 4.80. The van der Waals surface area contributed by atoms with Gasteiger partial charge in [-0.15, -0.1) is 0 Å². The molecule has 2 aromatic rings. The van der Waals surface area contributed by atoms with Crippen molar-refractivity contribution in [2.45, 2.75) is 0 Å². The Balaban J connectivity index is 2.53. The smallest absolute Gasteiger partial charge is 0.186 e. The molecule has 2 rings (SSSR count). The Labute approximate surface area is 97.9 Å². The number of halogens is 2. The lowest BCUT2D eigenvalue weighted by Crippen LogP contribution is -1.78. The van der Waals surface area contributed by atoms with Crippen molar-refractivity contribution in [2.75, 3.05) is 0 Å². The lowest BCUT2D eigenvalue weighted by Gasteiger charge is -2.03. The summed E-state index contributed by atoms with van der Waals surface area (Å²) in [5, 5.41) is 12.8. The van der Waals surface area contributed by atoms with E-state index in [1.54, 1.807) is 36.4 Å². The van der Waals surface area contributed by atoms with E-state index in [-0.39, 0.29) is 5.75 Å². The minimum Gasteiger partial charge on any atom is -0.289 e. The van der Waals surface area contributed by atoms with Crippen molar-refractivity contribution in [1.29, 1.82) is 0 Å². The van der Waals surface area contributed by atoms with Gasteiger partial charge >= 0.3 is 0 Å². The van der Waals surface area contributed by atoms with Crippen molar-refractivity contribution < 1.29 is 5.11 Å². The van der Waals surface area contributed by atoms with Crippen molar-refractivity contribution in [1.82, 2.24) is 0 Å². The zero-order valence-corrected chi connectivity index (χ0v) is 9.22. The number of hydrogen-bond acceptors (Lipinski definition) is 0. The Hall–Kier alpha value is -1.18. The fourth-order valence-corrected chi connectivity index (χ4v) is 1.66. The van der Waals surface area contributed by atoms with Crippen LogP contribution in [0.15, 0.2) is 42.5 Å². The van der Waals surface area contributed by atoms with Crippen molar-refractivity contribution >= 4 is 23.2 Å². The SMILES string of the molecule is [O]c1ccc(Cl)cc1-c1ccc(Cl)cc1. The fraction of sp³-hybridized carbons (Fsp3) is 0. The number of rotatable bonds is 1. The second-order valence-corrected chi connectivity index (χ2v) is 4.02. The molecular formula is C12H7Cl2O. The van der Waals surface area contributed by atoms with Gasteiger partial charge in [0.1, 0.15) is 0 Å². The van der Waals surface area contributed by atoms with Gasteiger partial charge in [0, 0.05) is 15.6 Å². The summed E-state index contributed by atoms with van der Waals surface area (Å²) in [4.78, 5) is 0. The molecule has 0 bridgehead atoms. The third kappa shape index (κ3) is 2.25. The monoisotopic (exact) mass is 237 g/mol. The van der Waals surface area contributed by atoms with Crippen molar-refractivity contribution in [3.8, 4) is 16.9 Å². The molecule has 0 N–H and O–H groups in total. The molecule has 0 fully saturated rings. The Morgan fingerprint density at radius 1 is 0.800 bits per heavy atom. The van der Waals surface area contributed by atoms with E-state index in [2.05, 4.69) is 0 Å². The maximum atomic E-state index is 11.6. The van der Waals surface area contributed by atoms with E-state index in [9.17, 15) is 5.11 Å². The van der Waals surface area contributed by atoms with Gasteiger partial charge in [-0.2, -0.15) is 0 Å². The molecule has 0 saturated heterocycles. The van der Waals surface area contributed by atoms with Crippen LogP contribution >= 0.6 is 23.2 Å². The minimum absolute atomic E-state index is 0.0401. The quantitative estimate of drug-likeness (QED) is 0.679. The standard InChI is InChI=1S/C12H7Cl2O/c13-9-3-1-8(2-4-9)11-7-10(14)5-6-12(11)15/h1-7H. The van der Waals surface area contributed by atoms with Gasteiger partial charge in [0.2, 0.25) is 0 Å². The maximum absolute atomic E-state index is 11.6. The molecule has 0 atom stereocenters. The average Bonchev–Trinajstić information content (AvgIpc) is 2.23. The summed E-state index contributed by atoms with van der Waals surface area (Å²) < 4.78 is 0. The van der Waals surface area contributed by atoms with Crippen LogP contribution in [0.1, 0.15) is 0 Å². The second kappa shape index (κ2) is 4.13. The normalized spacial score (nSPS) is 10.3. The lowest BCUT2D eigenvalue weighted by atomic mass is 10.1. The van der Waals surface area contributed by atoms with Crippen LogP contribution < -0.4 is 0 Å². The Morgan fingerprint density at radius 2 is 1.40 bits per heavy atom. The van der Waals surface area contributed by atoms with Crippen LogP contribution in [-0.2, 0) is 5.11 Å². The molecule has 0 aromatic heterocycles. The molecular weight excluding hydrogens is 231 g/mol. The fourth-order valence-electron chi connectivity index (χ4n) is 1.36. The van der Waals surface area contributed by atoms with Crippen LogP contribution in [0.5, 0.6) is 5.75 Å². The summed E-state index contributed by atoms with van der Waals surface area (Å²) in [6, 6.07) is 11.8. The molecule has 3 heteroatoms. The molecule has 15 heavy (non-hydrogen) atoms. The van der Waals surface area contributed by atoms with Gasteiger partial charge in [-0.05, 0) is 35.9 Å². The van der Waals surface area contributed by atoms with Gasteiger partial charge in [0.15, 0.2) is 5.75 Å². The first-order valence-corrected chi connectivity index (χ1v) is 5.15. The molecule has 0 amide bonds. The van der Waals surface area contributed by atoms with Crippen LogP contribution in [0.2, 0.25) is 10.0 Å². The highest BCUT2D eigenvalue weighted by atomic mass is 35.5. The predicted molar refractivity (Wildman–Crippen MR) is 62.0 cm³/mol. The van der Waals surface area contributed by atoms with Crippen LogP contribution in [0.4, 0.5) is 0 Å². The molecule has 0 aliphatic rings. The highest BCUT2D eigenvalue weighted by molar-refractivity contribution is 6.31. The molecule has 0 spiro atoms. The molecule has 0 unspecified atom stereocenters. The first-order valence-electron chi connectivity index (χ1n) is 4.39. The summed E-state index contributed by atoms with van der Waals surface area (Å²) >= 11 is 11.6. The Kier molecular flexibility index (Phi) is 2.85. The third-order valence-electron chi connectivity index (χ3n) is 2.10. The Bertz CT molecular complexity index is 477. The summed E-state index contributed by atoms with van der Waals surface area (Å²) in [5.41, 5.74) is 1.42. The van der Waals surface area contributed by atoms with Crippen molar-refractivity contribution in [3.63, 3.8) is 0 Å². The van der Waals surface area contributed by atoms with Gasteiger partial charge in [0.25, 0.3) is 0 Å². The van der Waals surface area contributed by atoms with Gasteiger partial charge < -0.3 is 0 Å². The molecule has 0 saturated carbocycles. The summed E-state index contributed by atoms with van der Waals surface area (Å²) in [6.45, 7) is 0. The van der Waals surface area contributed by atoms with E-state index in [4.69, 9.17) is 23.2 Å². The molecule has 2 aromatic carbocycles. The van der Waals surface area contributed by atoms with Crippen LogP contribution in [-0.4, -0.2) is 0 Å².